The molecule has 0 heterocycles. The van der Waals surface area contributed by atoms with Gasteiger partial charge in [-0.15, -0.1) is 0 Å². The van der Waals surface area contributed by atoms with Gasteiger partial charge in [-0.3, -0.25) is 4.79 Å². The second-order valence-corrected chi connectivity index (χ2v) is 4.76. The molecule has 98 valence electrons. The number of benzene rings is 2. The topological polar surface area (TPSA) is 46.5 Å². The van der Waals surface area contributed by atoms with Crippen molar-refractivity contribution in [2.45, 2.75) is 6.92 Å². The first-order chi connectivity index (χ1) is 8.97. The fourth-order valence-corrected chi connectivity index (χ4v) is 1.99. The Morgan fingerprint density at radius 1 is 1.16 bits per heavy atom. The fraction of sp³-hybridized carbons (Fsp3) is 0.0714. The van der Waals surface area contributed by atoms with Crippen molar-refractivity contribution in [1.29, 1.82) is 0 Å². The highest BCUT2D eigenvalue weighted by atomic mass is 35.5. The second-order valence-electron chi connectivity index (χ2n) is 3.91. The lowest BCUT2D eigenvalue weighted by atomic mass is 10.1. The highest BCUT2D eigenvalue weighted by Gasteiger charge is 2.10. The minimum absolute atomic E-state index is 0.0814. The Labute approximate surface area is 120 Å². The van der Waals surface area contributed by atoms with Gasteiger partial charge >= 0.3 is 0 Å². The number of carbonyl (C=O) groups is 1. The molecular weight excluding hydrogens is 287 g/mol. The number of hydrogen-bond donors (Lipinski definition) is 1. The van der Waals surface area contributed by atoms with E-state index in [2.05, 4.69) is 0 Å². The van der Waals surface area contributed by atoms with E-state index in [9.17, 15) is 9.90 Å². The number of carbonyl (C=O) groups excluding carboxylic acids is 1. The molecule has 0 aromatic heterocycles. The summed E-state index contributed by atoms with van der Waals surface area (Å²) in [5, 5.41) is 10.4. The monoisotopic (exact) mass is 296 g/mol. The quantitative estimate of drug-likeness (QED) is 0.836. The Kier molecular flexibility index (Phi) is 3.98. The van der Waals surface area contributed by atoms with Crippen molar-refractivity contribution in [3.8, 4) is 17.2 Å². The molecule has 0 fully saturated rings. The molecular formula is C14H10Cl2O3. The molecule has 5 heteroatoms. The van der Waals surface area contributed by atoms with Gasteiger partial charge in [0.2, 0.25) is 0 Å². The number of phenolic OH excluding ortho intramolecular Hbond substituents is 1. The van der Waals surface area contributed by atoms with Crippen LogP contribution in [0.25, 0.3) is 0 Å². The first-order valence-electron chi connectivity index (χ1n) is 5.44. The number of rotatable bonds is 3. The molecule has 0 saturated heterocycles. The van der Waals surface area contributed by atoms with E-state index in [-0.39, 0.29) is 17.1 Å². The average Bonchev–Trinajstić information content (AvgIpc) is 2.34. The van der Waals surface area contributed by atoms with Gasteiger partial charge in [0.15, 0.2) is 5.78 Å². The zero-order chi connectivity index (χ0) is 14.0. The van der Waals surface area contributed by atoms with E-state index in [0.717, 1.165) is 0 Å². The standard InChI is InChI=1S/C14H10Cl2O3/c1-8(17)11-7-10(3-4-13(11)18)19-14-5-2-9(15)6-12(14)16/h2-7,18H,1H3. The van der Waals surface area contributed by atoms with Crippen molar-refractivity contribution < 1.29 is 14.6 Å². The van der Waals surface area contributed by atoms with Crippen LogP contribution >= 0.6 is 23.2 Å². The van der Waals surface area contributed by atoms with Crippen LogP contribution in [0.1, 0.15) is 17.3 Å². The maximum atomic E-state index is 11.3. The van der Waals surface area contributed by atoms with E-state index in [1.807, 2.05) is 0 Å². The van der Waals surface area contributed by atoms with Gasteiger partial charge in [0, 0.05) is 5.02 Å². The molecule has 2 rings (SSSR count). The zero-order valence-electron chi connectivity index (χ0n) is 9.98. The largest absolute Gasteiger partial charge is 0.507 e. The minimum atomic E-state index is -0.245. The molecule has 0 spiro atoms. The normalized spacial score (nSPS) is 10.3. The van der Waals surface area contributed by atoms with E-state index < -0.39 is 0 Å². The smallest absolute Gasteiger partial charge is 0.163 e. The summed E-state index contributed by atoms with van der Waals surface area (Å²) in [5.41, 5.74) is 0.197. The van der Waals surface area contributed by atoms with Gasteiger partial charge in [0.1, 0.15) is 17.2 Å². The van der Waals surface area contributed by atoms with Crippen molar-refractivity contribution in [2.24, 2.45) is 0 Å². The lowest BCUT2D eigenvalue weighted by Gasteiger charge is -2.09. The van der Waals surface area contributed by atoms with Crippen molar-refractivity contribution >= 4 is 29.0 Å². The van der Waals surface area contributed by atoms with Crippen LogP contribution in [-0.4, -0.2) is 10.9 Å². The second kappa shape index (κ2) is 5.51. The molecule has 0 atom stereocenters. The van der Waals surface area contributed by atoms with Crippen LogP contribution in [0.4, 0.5) is 0 Å². The van der Waals surface area contributed by atoms with Crippen LogP contribution in [0, 0.1) is 0 Å². The average molecular weight is 297 g/mol. The van der Waals surface area contributed by atoms with E-state index in [1.165, 1.54) is 19.1 Å². The van der Waals surface area contributed by atoms with E-state index >= 15 is 0 Å². The summed E-state index contributed by atoms with van der Waals surface area (Å²) >= 11 is 11.8. The molecule has 0 unspecified atom stereocenters. The fourth-order valence-electron chi connectivity index (χ4n) is 1.55. The Balaban J connectivity index is 2.33. The first kappa shape index (κ1) is 13.7. The SMILES string of the molecule is CC(=O)c1cc(Oc2ccc(Cl)cc2Cl)ccc1O. The Bertz CT molecular complexity index is 639. The molecule has 0 aliphatic heterocycles. The van der Waals surface area contributed by atoms with E-state index in [1.54, 1.807) is 24.3 Å². The molecule has 1 N–H and O–H groups in total. The predicted molar refractivity (Wildman–Crippen MR) is 74.6 cm³/mol. The van der Waals surface area contributed by atoms with Gasteiger partial charge in [-0.25, -0.2) is 0 Å². The summed E-state index contributed by atoms with van der Waals surface area (Å²) in [7, 11) is 0. The number of hydrogen-bond acceptors (Lipinski definition) is 3. The third kappa shape index (κ3) is 3.19. The highest BCUT2D eigenvalue weighted by molar-refractivity contribution is 6.35. The van der Waals surface area contributed by atoms with Crippen LogP contribution in [-0.2, 0) is 0 Å². The summed E-state index contributed by atoms with van der Waals surface area (Å²) in [6, 6.07) is 9.25. The van der Waals surface area contributed by atoms with Gasteiger partial charge < -0.3 is 9.84 Å². The molecule has 0 amide bonds. The molecule has 0 aliphatic rings. The molecule has 0 radical (unpaired) electrons. The number of halogens is 2. The predicted octanol–water partition coefficient (Wildman–Crippen LogP) is 4.69. The van der Waals surface area contributed by atoms with Crippen LogP contribution in [0.5, 0.6) is 17.2 Å². The summed E-state index contributed by atoms with van der Waals surface area (Å²) in [6.07, 6.45) is 0. The minimum Gasteiger partial charge on any atom is -0.507 e. The first-order valence-corrected chi connectivity index (χ1v) is 6.20. The van der Waals surface area contributed by atoms with Crippen molar-refractivity contribution in [1.82, 2.24) is 0 Å². The molecule has 0 saturated carbocycles. The third-order valence-electron chi connectivity index (χ3n) is 2.47. The molecule has 0 aliphatic carbocycles. The number of ketones is 1. The lowest BCUT2D eigenvalue weighted by molar-refractivity contribution is 0.101. The molecule has 2 aromatic carbocycles. The van der Waals surface area contributed by atoms with Crippen LogP contribution in [0.2, 0.25) is 10.0 Å². The van der Waals surface area contributed by atoms with Gasteiger partial charge in [-0.2, -0.15) is 0 Å². The highest BCUT2D eigenvalue weighted by Crippen LogP contribution is 2.33. The molecule has 3 nitrogen and oxygen atoms in total. The molecule has 2 aromatic rings. The summed E-state index contributed by atoms with van der Waals surface area (Å²) in [4.78, 5) is 11.3. The van der Waals surface area contributed by atoms with Crippen LogP contribution in [0.3, 0.4) is 0 Å². The molecule has 0 bridgehead atoms. The maximum Gasteiger partial charge on any atom is 0.163 e. The van der Waals surface area contributed by atoms with Crippen LogP contribution in [0.15, 0.2) is 36.4 Å². The van der Waals surface area contributed by atoms with Crippen molar-refractivity contribution in [3.05, 3.63) is 52.0 Å². The third-order valence-corrected chi connectivity index (χ3v) is 3.00. The van der Waals surface area contributed by atoms with E-state index in [0.29, 0.717) is 21.5 Å². The Morgan fingerprint density at radius 3 is 2.53 bits per heavy atom. The van der Waals surface area contributed by atoms with E-state index in [4.69, 9.17) is 27.9 Å². The zero-order valence-corrected chi connectivity index (χ0v) is 11.5. The van der Waals surface area contributed by atoms with Gasteiger partial charge in [0.25, 0.3) is 0 Å². The Hall–Kier alpha value is -1.71. The molecule has 19 heavy (non-hydrogen) atoms. The summed E-state index contributed by atoms with van der Waals surface area (Å²) < 4.78 is 5.56. The van der Waals surface area contributed by atoms with Gasteiger partial charge in [-0.05, 0) is 43.3 Å². The van der Waals surface area contributed by atoms with Crippen LogP contribution < -0.4 is 4.74 Å². The maximum absolute atomic E-state index is 11.3. The van der Waals surface area contributed by atoms with Crippen molar-refractivity contribution in [3.63, 3.8) is 0 Å². The van der Waals surface area contributed by atoms with Crippen molar-refractivity contribution in [2.75, 3.05) is 0 Å². The Morgan fingerprint density at radius 2 is 1.89 bits per heavy atom. The summed E-state index contributed by atoms with van der Waals surface area (Å²) in [5.74, 6) is 0.505. The summed E-state index contributed by atoms with van der Waals surface area (Å²) in [6.45, 7) is 1.37. The number of phenols is 1. The lowest BCUT2D eigenvalue weighted by Crippen LogP contribution is -1.94. The van der Waals surface area contributed by atoms with Gasteiger partial charge in [-0.1, -0.05) is 23.2 Å². The number of aromatic hydroxyl groups is 1. The van der Waals surface area contributed by atoms with Gasteiger partial charge in [0.05, 0.1) is 10.6 Å². The number of Topliss-reactive ketones (excluding diaryl/α,β-unsaturated/α-hetero) is 1. The number of ether oxygens (including phenoxy) is 1.